The van der Waals surface area contributed by atoms with E-state index in [0.29, 0.717) is 12.1 Å². The molecule has 0 aromatic heterocycles. The van der Waals surface area contributed by atoms with Gasteiger partial charge in [0.05, 0.1) is 5.54 Å². The Kier molecular flexibility index (Phi) is 4.63. The number of piperazine rings is 1. The van der Waals surface area contributed by atoms with E-state index in [1.807, 2.05) is 0 Å². The maximum atomic E-state index is 5.55. The average Bonchev–Trinajstić information content (AvgIpc) is 2.56. The van der Waals surface area contributed by atoms with E-state index in [1.165, 1.54) is 24.8 Å². The molecule has 2 saturated heterocycles. The Labute approximate surface area is 128 Å². The fourth-order valence-electron chi connectivity index (χ4n) is 3.83. The van der Waals surface area contributed by atoms with Crippen molar-refractivity contribution in [1.29, 1.82) is 0 Å². The minimum Gasteiger partial charge on any atom is -0.381 e. The molecule has 0 radical (unpaired) electrons. The largest absolute Gasteiger partial charge is 0.381 e. The van der Waals surface area contributed by atoms with Gasteiger partial charge in [-0.3, -0.25) is 4.90 Å². The van der Waals surface area contributed by atoms with Crippen LogP contribution in [0.5, 0.6) is 0 Å². The first kappa shape index (κ1) is 15.0. The molecule has 0 spiro atoms. The highest BCUT2D eigenvalue weighted by Gasteiger charge is 2.39. The van der Waals surface area contributed by atoms with E-state index in [4.69, 9.17) is 4.74 Å². The van der Waals surface area contributed by atoms with Gasteiger partial charge in [0, 0.05) is 38.4 Å². The van der Waals surface area contributed by atoms with Gasteiger partial charge in [0.15, 0.2) is 0 Å². The monoisotopic (exact) mass is 288 g/mol. The summed E-state index contributed by atoms with van der Waals surface area (Å²) in [6.07, 6.45) is 3.58. The van der Waals surface area contributed by atoms with Crippen molar-refractivity contribution in [2.24, 2.45) is 0 Å². The zero-order valence-electron chi connectivity index (χ0n) is 13.3. The highest BCUT2D eigenvalue weighted by Crippen LogP contribution is 2.30. The van der Waals surface area contributed by atoms with Crippen LogP contribution in [0.25, 0.3) is 0 Å². The molecule has 2 aliphatic rings. The van der Waals surface area contributed by atoms with E-state index in [2.05, 4.69) is 54.4 Å². The van der Waals surface area contributed by atoms with Gasteiger partial charge in [0.2, 0.25) is 0 Å². The number of nitrogens with one attached hydrogen (secondary N) is 1. The van der Waals surface area contributed by atoms with Gasteiger partial charge in [0.25, 0.3) is 0 Å². The Hall–Kier alpha value is -0.900. The van der Waals surface area contributed by atoms with Crippen LogP contribution in [-0.2, 0) is 10.3 Å². The lowest BCUT2D eigenvalue weighted by Gasteiger charge is -2.50. The SMILES string of the molecule is CCC1CNC(C)(c2ccccc2)CN1C1CCOCC1. The normalized spacial score (nSPS) is 32.2. The van der Waals surface area contributed by atoms with E-state index >= 15 is 0 Å². The van der Waals surface area contributed by atoms with Crippen LogP contribution in [-0.4, -0.2) is 43.3 Å². The van der Waals surface area contributed by atoms with Crippen molar-refractivity contribution in [3.63, 3.8) is 0 Å². The zero-order chi connectivity index (χ0) is 14.7. The van der Waals surface area contributed by atoms with Crippen LogP contribution < -0.4 is 5.32 Å². The predicted octanol–water partition coefficient (Wildman–Crippen LogP) is 2.76. The quantitative estimate of drug-likeness (QED) is 0.925. The summed E-state index contributed by atoms with van der Waals surface area (Å²) >= 11 is 0. The Balaban J connectivity index is 1.80. The standard InChI is InChI=1S/C18H28N2O/c1-3-16-13-19-18(2,15-7-5-4-6-8-15)14-20(16)17-9-11-21-12-10-17/h4-8,16-17,19H,3,9-14H2,1-2H3. The van der Waals surface area contributed by atoms with Gasteiger partial charge >= 0.3 is 0 Å². The maximum absolute atomic E-state index is 5.55. The third-order valence-electron chi connectivity index (χ3n) is 5.24. The summed E-state index contributed by atoms with van der Waals surface area (Å²) in [6, 6.07) is 12.2. The van der Waals surface area contributed by atoms with Crippen molar-refractivity contribution >= 4 is 0 Å². The third-order valence-corrected chi connectivity index (χ3v) is 5.24. The summed E-state index contributed by atoms with van der Waals surface area (Å²) in [6.45, 7) is 8.68. The lowest BCUT2D eigenvalue weighted by Crippen LogP contribution is -2.63. The molecule has 3 heteroatoms. The molecule has 2 unspecified atom stereocenters. The molecular weight excluding hydrogens is 260 g/mol. The highest BCUT2D eigenvalue weighted by atomic mass is 16.5. The predicted molar refractivity (Wildman–Crippen MR) is 86.4 cm³/mol. The molecule has 2 atom stereocenters. The summed E-state index contributed by atoms with van der Waals surface area (Å²) in [5.74, 6) is 0. The fraction of sp³-hybridized carbons (Fsp3) is 0.667. The number of hydrogen-bond acceptors (Lipinski definition) is 3. The molecule has 3 nitrogen and oxygen atoms in total. The van der Waals surface area contributed by atoms with Gasteiger partial charge < -0.3 is 10.1 Å². The van der Waals surface area contributed by atoms with E-state index in [9.17, 15) is 0 Å². The molecule has 21 heavy (non-hydrogen) atoms. The van der Waals surface area contributed by atoms with E-state index in [-0.39, 0.29) is 5.54 Å². The summed E-state index contributed by atoms with van der Waals surface area (Å²) in [5, 5.41) is 3.81. The molecule has 1 N–H and O–H groups in total. The first-order chi connectivity index (χ1) is 10.2. The van der Waals surface area contributed by atoms with Crippen molar-refractivity contribution in [2.75, 3.05) is 26.3 Å². The molecule has 1 aromatic rings. The first-order valence-corrected chi connectivity index (χ1v) is 8.37. The Morgan fingerprint density at radius 3 is 2.62 bits per heavy atom. The van der Waals surface area contributed by atoms with Gasteiger partial charge in [-0.15, -0.1) is 0 Å². The molecule has 0 amide bonds. The lowest BCUT2D eigenvalue weighted by atomic mass is 9.86. The second kappa shape index (κ2) is 6.47. The first-order valence-electron chi connectivity index (χ1n) is 8.37. The third kappa shape index (κ3) is 3.15. The zero-order valence-corrected chi connectivity index (χ0v) is 13.3. The van der Waals surface area contributed by atoms with Gasteiger partial charge in [-0.05, 0) is 31.7 Å². The Bertz CT molecular complexity index is 444. The maximum Gasteiger partial charge on any atom is 0.0535 e. The van der Waals surface area contributed by atoms with Crippen molar-refractivity contribution in [3.8, 4) is 0 Å². The number of benzene rings is 1. The average molecular weight is 288 g/mol. The van der Waals surface area contributed by atoms with Crippen LogP contribution in [0.2, 0.25) is 0 Å². The number of rotatable bonds is 3. The van der Waals surface area contributed by atoms with Gasteiger partial charge in [0.1, 0.15) is 0 Å². The van der Waals surface area contributed by atoms with E-state index in [0.717, 1.165) is 26.3 Å². The molecule has 0 bridgehead atoms. The van der Waals surface area contributed by atoms with E-state index < -0.39 is 0 Å². The summed E-state index contributed by atoms with van der Waals surface area (Å²) < 4.78 is 5.55. The Morgan fingerprint density at radius 2 is 1.95 bits per heavy atom. The Morgan fingerprint density at radius 1 is 1.24 bits per heavy atom. The van der Waals surface area contributed by atoms with E-state index in [1.54, 1.807) is 0 Å². The molecule has 1 aromatic carbocycles. The molecule has 3 rings (SSSR count). The van der Waals surface area contributed by atoms with Crippen LogP contribution in [0, 0.1) is 0 Å². The molecule has 2 heterocycles. The summed E-state index contributed by atoms with van der Waals surface area (Å²) in [7, 11) is 0. The van der Waals surface area contributed by atoms with Crippen LogP contribution in [0.3, 0.4) is 0 Å². The molecule has 0 aliphatic carbocycles. The minimum atomic E-state index is 0.0607. The number of hydrogen-bond donors (Lipinski definition) is 1. The van der Waals surface area contributed by atoms with Crippen LogP contribution in [0.4, 0.5) is 0 Å². The second-order valence-electron chi connectivity index (χ2n) is 6.66. The van der Waals surface area contributed by atoms with Crippen molar-refractivity contribution < 1.29 is 4.74 Å². The van der Waals surface area contributed by atoms with Gasteiger partial charge in [-0.2, -0.15) is 0 Å². The summed E-state index contributed by atoms with van der Waals surface area (Å²) in [4.78, 5) is 2.76. The second-order valence-corrected chi connectivity index (χ2v) is 6.66. The molecule has 2 fully saturated rings. The smallest absolute Gasteiger partial charge is 0.0535 e. The summed E-state index contributed by atoms with van der Waals surface area (Å²) in [5.41, 5.74) is 1.46. The van der Waals surface area contributed by atoms with Crippen LogP contribution >= 0.6 is 0 Å². The lowest BCUT2D eigenvalue weighted by molar-refractivity contribution is -0.0154. The minimum absolute atomic E-state index is 0.0607. The number of nitrogens with zero attached hydrogens (tertiary/aromatic N) is 1. The van der Waals surface area contributed by atoms with Crippen LogP contribution in [0.1, 0.15) is 38.7 Å². The molecule has 116 valence electrons. The number of ether oxygens (including phenoxy) is 1. The molecular formula is C18H28N2O. The van der Waals surface area contributed by atoms with Crippen molar-refractivity contribution in [3.05, 3.63) is 35.9 Å². The van der Waals surface area contributed by atoms with Crippen molar-refractivity contribution in [2.45, 2.75) is 50.7 Å². The molecule has 2 aliphatic heterocycles. The van der Waals surface area contributed by atoms with Crippen LogP contribution in [0.15, 0.2) is 30.3 Å². The van der Waals surface area contributed by atoms with Crippen molar-refractivity contribution in [1.82, 2.24) is 10.2 Å². The topological polar surface area (TPSA) is 24.5 Å². The fourth-order valence-corrected chi connectivity index (χ4v) is 3.83. The van der Waals surface area contributed by atoms with Gasteiger partial charge in [-0.1, -0.05) is 37.3 Å². The molecule has 0 saturated carbocycles. The highest BCUT2D eigenvalue weighted by molar-refractivity contribution is 5.25. The van der Waals surface area contributed by atoms with Gasteiger partial charge in [-0.25, -0.2) is 0 Å².